The smallest absolute Gasteiger partial charge is 0.306 e. The molecule has 2 saturated carbocycles. The number of rotatable bonds is 17. The Morgan fingerprint density at radius 3 is 2.55 bits per heavy atom. The van der Waals surface area contributed by atoms with E-state index in [1.807, 2.05) is 12.3 Å². The first-order chi connectivity index (χ1) is 18.5. The van der Waals surface area contributed by atoms with Crippen molar-refractivity contribution in [2.75, 3.05) is 30.0 Å². The van der Waals surface area contributed by atoms with Crippen molar-refractivity contribution in [3.05, 3.63) is 35.7 Å². The van der Waals surface area contributed by atoms with E-state index in [1.54, 1.807) is 23.1 Å². The van der Waals surface area contributed by atoms with Gasteiger partial charge in [-0.15, -0.1) is 11.8 Å². The maximum absolute atomic E-state index is 12.4. The summed E-state index contributed by atoms with van der Waals surface area (Å²) in [6, 6.07) is 4.26. The van der Waals surface area contributed by atoms with Gasteiger partial charge in [-0.3, -0.25) is 4.79 Å². The van der Waals surface area contributed by atoms with Crippen LogP contribution in [0.4, 0.5) is 11.6 Å². The first-order valence-electron chi connectivity index (χ1n) is 14.5. The molecule has 38 heavy (non-hydrogen) atoms. The van der Waals surface area contributed by atoms with E-state index >= 15 is 0 Å². The number of ether oxygens (including phenoxy) is 1. The predicted octanol–water partition coefficient (Wildman–Crippen LogP) is 6.50. The number of unbranched alkanes of at least 4 members (excludes halogenated alkanes) is 2. The van der Waals surface area contributed by atoms with Crippen LogP contribution in [0, 0.1) is 5.92 Å². The molecule has 3 N–H and O–H groups in total. The Morgan fingerprint density at radius 2 is 1.84 bits per heavy atom. The Labute approximate surface area is 234 Å². The molecule has 0 bridgehead atoms. The number of anilines is 2. The molecule has 1 radical (unpaired) electrons. The van der Waals surface area contributed by atoms with Crippen molar-refractivity contribution >= 4 is 43.4 Å². The number of nitrogens with one attached hydrogen (secondary N) is 1. The Hall–Kier alpha value is -2.06. The van der Waals surface area contributed by atoms with Crippen molar-refractivity contribution in [3.8, 4) is 0 Å². The third-order valence-electron chi connectivity index (χ3n) is 7.68. The zero-order valence-electron chi connectivity index (χ0n) is 23.4. The molecule has 0 aliphatic heterocycles. The van der Waals surface area contributed by atoms with Gasteiger partial charge in [0.05, 0.1) is 21.8 Å². The van der Waals surface area contributed by atoms with Crippen LogP contribution in [-0.2, 0) is 9.53 Å². The van der Waals surface area contributed by atoms with E-state index in [9.17, 15) is 4.79 Å². The quantitative estimate of drug-likeness (QED) is 0.1000. The number of thioether (sulfide) groups is 1. The third-order valence-corrected chi connectivity index (χ3v) is 10.3. The fourth-order valence-electron chi connectivity index (χ4n) is 5.09. The van der Waals surface area contributed by atoms with Crippen molar-refractivity contribution in [1.29, 1.82) is 0 Å². The number of nitrogens with zero attached hydrogens (tertiary/aromatic N) is 2. The van der Waals surface area contributed by atoms with E-state index in [0.29, 0.717) is 36.4 Å². The molecule has 0 aromatic carbocycles. The maximum atomic E-state index is 12.4. The van der Waals surface area contributed by atoms with Gasteiger partial charge in [0.15, 0.2) is 0 Å². The number of carbonyl (C=O) groups is 1. The summed E-state index contributed by atoms with van der Waals surface area (Å²) >= 11 is 1.70. The minimum absolute atomic E-state index is 0.0972. The second-order valence-electron chi connectivity index (χ2n) is 11.1. The number of aromatic nitrogens is 2. The average Bonchev–Trinajstić information content (AvgIpc) is 3.82. The molecular weight excluding hydrogens is 509 g/mol. The minimum atomic E-state index is -0.477. The molecule has 6 nitrogen and oxygen atoms in total. The van der Waals surface area contributed by atoms with Crippen LogP contribution in [-0.4, -0.2) is 43.6 Å². The highest BCUT2D eigenvalue weighted by Crippen LogP contribution is 2.46. The van der Waals surface area contributed by atoms with Crippen LogP contribution in [0.2, 0.25) is 13.1 Å². The standard InChI is InChI=1S/C30H45N4O2SSi/c1-4-21(20-36-26(35)15-19-37-24-13-17-32-29(31)27(24)22-9-10-22)8-6-5-7-16-33-30-28(23-11-12-23)25(38(2)3)14-18-34-30/h13-14,17-18,21-23H,4-12,15-16,19-20H2,1-3H3,(H2,31,32)(H,33,34). The summed E-state index contributed by atoms with van der Waals surface area (Å²) in [5.41, 5.74) is 8.78. The molecule has 2 aromatic heterocycles. The lowest BCUT2D eigenvalue weighted by molar-refractivity contribution is -0.144. The fraction of sp³-hybridized carbons (Fsp3) is 0.633. The van der Waals surface area contributed by atoms with Gasteiger partial charge in [-0.1, -0.05) is 44.5 Å². The summed E-state index contributed by atoms with van der Waals surface area (Å²) in [5.74, 6) is 4.10. The van der Waals surface area contributed by atoms with Crippen LogP contribution < -0.4 is 16.2 Å². The molecule has 207 valence electrons. The van der Waals surface area contributed by atoms with Crippen molar-refractivity contribution in [3.63, 3.8) is 0 Å². The second-order valence-corrected chi connectivity index (χ2v) is 14.8. The summed E-state index contributed by atoms with van der Waals surface area (Å²) < 4.78 is 5.65. The molecule has 0 spiro atoms. The summed E-state index contributed by atoms with van der Waals surface area (Å²) in [4.78, 5) is 22.5. The molecule has 1 unspecified atom stereocenters. The van der Waals surface area contributed by atoms with E-state index in [-0.39, 0.29) is 5.97 Å². The van der Waals surface area contributed by atoms with Crippen LogP contribution in [0.5, 0.6) is 0 Å². The monoisotopic (exact) mass is 553 g/mol. The number of esters is 1. The van der Waals surface area contributed by atoms with Crippen molar-refractivity contribution in [2.24, 2.45) is 5.92 Å². The molecule has 2 heterocycles. The van der Waals surface area contributed by atoms with E-state index in [2.05, 4.69) is 41.4 Å². The van der Waals surface area contributed by atoms with E-state index in [1.165, 1.54) is 54.5 Å². The third kappa shape index (κ3) is 8.47. The average molecular weight is 554 g/mol. The molecular formula is C30H45N4O2SSi. The highest BCUT2D eigenvalue weighted by atomic mass is 32.2. The highest BCUT2D eigenvalue weighted by Gasteiger charge is 2.30. The Kier molecular flexibility index (Phi) is 10.9. The highest BCUT2D eigenvalue weighted by molar-refractivity contribution is 7.99. The topological polar surface area (TPSA) is 90.1 Å². The molecule has 2 fully saturated rings. The minimum Gasteiger partial charge on any atom is -0.465 e. The van der Waals surface area contributed by atoms with Gasteiger partial charge in [0.25, 0.3) is 0 Å². The lowest BCUT2D eigenvalue weighted by Gasteiger charge is -2.17. The molecule has 0 saturated heterocycles. The van der Waals surface area contributed by atoms with Gasteiger partial charge in [-0.25, -0.2) is 9.97 Å². The van der Waals surface area contributed by atoms with Crippen LogP contribution in [0.3, 0.4) is 0 Å². The molecule has 2 aliphatic rings. The van der Waals surface area contributed by atoms with Crippen LogP contribution in [0.15, 0.2) is 29.4 Å². The fourth-order valence-corrected chi connectivity index (χ4v) is 7.43. The molecule has 0 amide bonds. The SMILES string of the molecule is CCC(CCCCCNc1nccc([Si](C)C)c1C1CC1)COC(=O)CCSc1ccnc(N)c1C1CC1. The van der Waals surface area contributed by atoms with E-state index < -0.39 is 8.80 Å². The number of hydrogen-bond donors (Lipinski definition) is 2. The van der Waals surface area contributed by atoms with Gasteiger partial charge < -0.3 is 15.8 Å². The Morgan fingerprint density at radius 1 is 1.11 bits per heavy atom. The second kappa shape index (κ2) is 14.4. The van der Waals surface area contributed by atoms with Crippen LogP contribution in [0.1, 0.15) is 94.1 Å². The lowest BCUT2D eigenvalue weighted by Crippen LogP contribution is -2.28. The molecule has 2 aliphatic carbocycles. The van der Waals surface area contributed by atoms with Crippen molar-refractivity contribution < 1.29 is 9.53 Å². The van der Waals surface area contributed by atoms with E-state index in [0.717, 1.165) is 37.5 Å². The Bertz CT molecular complexity index is 1060. The van der Waals surface area contributed by atoms with Gasteiger partial charge in [0, 0.05) is 35.2 Å². The Balaban J connectivity index is 1.09. The number of nitrogens with two attached hydrogens (primary N) is 1. The van der Waals surface area contributed by atoms with Gasteiger partial charge in [-0.05, 0) is 74.0 Å². The normalized spacial score (nSPS) is 16.0. The van der Waals surface area contributed by atoms with Crippen molar-refractivity contribution in [1.82, 2.24) is 9.97 Å². The lowest BCUT2D eigenvalue weighted by atomic mass is 9.99. The van der Waals surface area contributed by atoms with Gasteiger partial charge in [0.2, 0.25) is 0 Å². The summed E-state index contributed by atoms with van der Waals surface area (Å²) in [5, 5.41) is 5.20. The zero-order valence-corrected chi connectivity index (χ0v) is 25.2. The first-order valence-corrected chi connectivity index (χ1v) is 18.0. The first kappa shape index (κ1) is 28.9. The van der Waals surface area contributed by atoms with Crippen LogP contribution in [0.25, 0.3) is 0 Å². The van der Waals surface area contributed by atoms with Crippen LogP contribution >= 0.6 is 11.8 Å². The predicted molar refractivity (Wildman–Crippen MR) is 161 cm³/mol. The molecule has 4 rings (SSSR count). The van der Waals surface area contributed by atoms with E-state index in [4.69, 9.17) is 10.5 Å². The molecule has 1 atom stereocenters. The van der Waals surface area contributed by atoms with Gasteiger partial charge >= 0.3 is 5.97 Å². The van der Waals surface area contributed by atoms with Gasteiger partial charge in [-0.2, -0.15) is 0 Å². The molecule has 8 heteroatoms. The number of carbonyl (C=O) groups excluding carboxylic acids is 1. The summed E-state index contributed by atoms with van der Waals surface area (Å²) in [6.45, 7) is 8.45. The summed E-state index contributed by atoms with van der Waals surface area (Å²) in [6.07, 6.45) is 14.8. The number of pyridine rings is 2. The number of hydrogen-bond acceptors (Lipinski definition) is 7. The van der Waals surface area contributed by atoms with Crippen molar-refractivity contribution in [2.45, 2.75) is 101 Å². The largest absolute Gasteiger partial charge is 0.465 e. The summed E-state index contributed by atoms with van der Waals surface area (Å²) in [7, 11) is -0.477. The zero-order chi connectivity index (χ0) is 26.9. The number of nitrogen functional groups attached to an aromatic ring is 1. The van der Waals surface area contributed by atoms with Gasteiger partial charge in [0.1, 0.15) is 11.6 Å². The maximum Gasteiger partial charge on any atom is 0.306 e. The molecule has 2 aromatic rings.